The van der Waals surface area contributed by atoms with Crippen LogP contribution in [-0.4, -0.2) is 19.9 Å². The number of hydrogen-bond acceptors (Lipinski definition) is 5. The molecule has 6 nitrogen and oxygen atoms in total. The lowest BCUT2D eigenvalue weighted by molar-refractivity contribution is 0.925. The minimum atomic E-state index is -0.145. The maximum absolute atomic E-state index is 11.2. The fourth-order valence-electron chi connectivity index (χ4n) is 1.47. The third kappa shape index (κ3) is 3.10. The van der Waals surface area contributed by atoms with Crippen molar-refractivity contribution < 1.29 is 0 Å². The zero-order valence-corrected chi connectivity index (χ0v) is 9.69. The zero-order chi connectivity index (χ0) is 12.3. The Labute approximate surface area is 98.2 Å². The summed E-state index contributed by atoms with van der Waals surface area (Å²) in [6.07, 6.45) is 1.68. The van der Waals surface area contributed by atoms with E-state index in [9.17, 15) is 4.79 Å². The van der Waals surface area contributed by atoms with Gasteiger partial charge >= 0.3 is 0 Å². The van der Waals surface area contributed by atoms with Crippen molar-refractivity contribution in [2.24, 2.45) is 0 Å². The molecule has 0 fully saturated rings. The molecule has 88 valence electrons. The number of anilines is 1. The molecule has 0 saturated carbocycles. The van der Waals surface area contributed by atoms with Gasteiger partial charge in [-0.25, -0.2) is 15.0 Å². The number of nitrogens with one attached hydrogen (secondary N) is 2. The highest BCUT2D eigenvalue weighted by Gasteiger charge is 1.99. The van der Waals surface area contributed by atoms with Crippen LogP contribution < -0.4 is 10.9 Å². The first-order valence-electron chi connectivity index (χ1n) is 5.24. The Kier molecular flexibility index (Phi) is 3.13. The molecule has 2 aromatic rings. The largest absolute Gasteiger partial charge is 0.364 e. The van der Waals surface area contributed by atoms with E-state index in [0.29, 0.717) is 23.9 Å². The van der Waals surface area contributed by atoms with E-state index in [1.165, 1.54) is 6.07 Å². The first-order valence-corrected chi connectivity index (χ1v) is 5.24. The number of aromatic nitrogens is 4. The van der Waals surface area contributed by atoms with E-state index in [2.05, 4.69) is 25.3 Å². The van der Waals surface area contributed by atoms with Crippen LogP contribution >= 0.6 is 0 Å². The molecule has 0 unspecified atom stereocenters. The molecule has 0 spiro atoms. The number of nitrogens with zero attached hydrogens (tertiary/aromatic N) is 3. The molecule has 2 rings (SSSR count). The van der Waals surface area contributed by atoms with Gasteiger partial charge in [0.15, 0.2) is 0 Å². The summed E-state index contributed by atoms with van der Waals surface area (Å²) in [5.41, 5.74) is 0.538. The van der Waals surface area contributed by atoms with Crippen LogP contribution in [0.3, 0.4) is 0 Å². The maximum atomic E-state index is 11.2. The second-order valence-corrected chi connectivity index (χ2v) is 3.66. The van der Waals surface area contributed by atoms with Crippen molar-refractivity contribution in [2.75, 3.05) is 5.32 Å². The third-order valence-corrected chi connectivity index (χ3v) is 2.14. The standard InChI is InChI=1S/C11H13N5O/c1-7-12-4-3-10(15-7)13-6-9-5-11(17)16-8(2)14-9/h3-5H,6H2,1-2H3,(H,12,13,15)(H,14,16,17). The van der Waals surface area contributed by atoms with Gasteiger partial charge in [-0.05, 0) is 19.9 Å². The van der Waals surface area contributed by atoms with E-state index in [4.69, 9.17) is 0 Å². The average Bonchev–Trinajstić information content (AvgIpc) is 2.25. The molecule has 0 bridgehead atoms. The van der Waals surface area contributed by atoms with Crippen molar-refractivity contribution >= 4 is 5.82 Å². The lowest BCUT2D eigenvalue weighted by atomic mass is 10.4. The molecule has 6 heteroatoms. The first-order chi connectivity index (χ1) is 8.13. The summed E-state index contributed by atoms with van der Waals surface area (Å²) in [5, 5.41) is 3.09. The van der Waals surface area contributed by atoms with Crippen LogP contribution in [0.1, 0.15) is 17.3 Å². The van der Waals surface area contributed by atoms with Gasteiger partial charge in [0.2, 0.25) is 0 Å². The van der Waals surface area contributed by atoms with Crippen LogP contribution in [0.15, 0.2) is 23.1 Å². The van der Waals surface area contributed by atoms with Crippen LogP contribution in [0.2, 0.25) is 0 Å². The van der Waals surface area contributed by atoms with Gasteiger partial charge in [-0.1, -0.05) is 0 Å². The molecule has 2 aromatic heterocycles. The fraction of sp³-hybridized carbons (Fsp3) is 0.273. The number of aryl methyl sites for hydroxylation is 2. The quantitative estimate of drug-likeness (QED) is 0.815. The Morgan fingerprint density at radius 3 is 2.88 bits per heavy atom. The first kappa shape index (κ1) is 11.3. The minimum Gasteiger partial charge on any atom is -0.364 e. The van der Waals surface area contributed by atoms with E-state index in [1.807, 2.05) is 6.92 Å². The second-order valence-electron chi connectivity index (χ2n) is 3.66. The predicted octanol–water partition coefficient (Wildman–Crippen LogP) is 0.789. The molecule has 2 heterocycles. The van der Waals surface area contributed by atoms with Crippen LogP contribution in [0.25, 0.3) is 0 Å². The van der Waals surface area contributed by atoms with E-state index in [0.717, 1.165) is 5.82 Å². The molecular formula is C11H13N5O. The lowest BCUT2D eigenvalue weighted by Crippen LogP contribution is -2.13. The number of aromatic amines is 1. The van der Waals surface area contributed by atoms with Crippen molar-refractivity contribution in [3.8, 4) is 0 Å². The number of H-pyrrole nitrogens is 1. The monoisotopic (exact) mass is 231 g/mol. The van der Waals surface area contributed by atoms with Crippen LogP contribution in [0, 0.1) is 13.8 Å². The van der Waals surface area contributed by atoms with Gasteiger partial charge < -0.3 is 10.3 Å². The summed E-state index contributed by atoms with van der Waals surface area (Å²) in [5.74, 6) is 2.02. The minimum absolute atomic E-state index is 0.145. The molecule has 17 heavy (non-hydrogen) atoms. The summed E-state index contributed by atoms with van der Waals surface area (Å²) in [6.45, 7) is 4.03. The molecule has 0 aliphatic carbocycles. The second kappa shape index (κ2) is 4.73. The third-order valence-electron chi connectivity index (χ3n) is 2.14. The van der Waals surface area contributed by atoms with Gasteiger partial charge in [0.05, 0.1) is 12.2 Å². The van der Waals surface area contributed by atoms with Gasteiger partial charge in [0.1, 0.15) is 17.5 Å². The van der Waals surface area contributed by atoms with Gasteiger partial charge in [-0.3, -0.25) is 4.79 Å². The van der Waals surface area contributed by atoms with Crippen molar-refractivity contribution in [1.82, 2.24) is 19.9 Å². The number of hydrogen-bond donors (Lipinski definition) is 2. The Morgan fingerprint density at radius 2 is 2.18 bits per heavy atom. The zero-order valence-electron chi connectivity index (χ0n) is 9.69. The Hall–Kier alpha value is -2.24. The molecule has 0 aromatic carbocycles. The Balaban J connectivity index is 2.09. The Bertz CT molecular complexity index is 578. The van der Waals surface area contributed by atoms with Gasteiger partial charge in [-0.2, -0.15) is 0 Å². The summed E-state index contributed by atoms with van der Waals surface area (Å²) < 4.78 is 0. The van der Waals surface area contributed by atoms with E-state index >= 15 is 0 Å². The molecule has 0 aliphatic heterocycles. The molecule has 0 saturated heterocycles. The van der Waals surface area contributed by atoms with Crippen molar-refractivity contribution in [2.45, 2.75) is 20.4 Å². The Morgan fingerprint density at radius 1 is 1.35 bits per heavy atom. The summed E-state index contributed by atoms with van der Waals surface area (Å²) >= 11 is 0. The van der Waals surface area contributed by atoms with Crippen molar-refractivity contribution in [3.05, 3.63) is 46.0 Å². The normalized spacial score (nSPS) is 10.2. The summed E-state index contributed by atoms with van der Waals surface area (Å²) in [6, 6.07) is 3.24. The SMILES string of the molecule is Cc1nccc(NCc2cc(=O)[nH]c(C)n2)n1. The molecule has 0 amide bonds. The van der Waals surface area contributed by atoms with Crippen LogP contribution in [-0.2, 0) is 6.54 Å². The van der Waals surface area contributed by atoms with Gasteiger partial charge in [0, 0.05) is 12.3 Å². The van der Waals surface area contributed by atoms with E-state index in [-0.39, 0.29) is 5.56 Å². The maximum Gasteiger partial charge on any atom is 0.251 e. The van der Waals surface area contributed by atoms with Gasteiger partial charge in [-0.15, -0.1) is 0 Å². The highest BCUT2D eigenvalue weighted by Crippen LogP contribution is 2.03. The molecule has 0 radical (unpaired) electrons. The smallest absolute Gasteiger partial charge is 0.251 e. The summed E-state index contributed by atoms with van der Waals surface area (Å²) in [4.78, 5) is 26.2. The highest BCUT2D eigenvalue weighted by atomic mass is 16.1. The van der Waals surface area contributed by atoms with E-state index < -0.39 is 0 Å². The number of rotatable bonds is 3. The molecule has 0 atom stereocenters. The lowest BCUT2D eigenvalue weighted by Gasteiger charge is -2.05. The molecule has 2 N–H and O–H groups in total. The van der Waals surface area contributed by atoms with Gasteiger partial charge in [0.25, 0.3) is 5.56 Å². The predicted molar refractivity (Wildman–Crippen MR) is 63.7 cm³/mol. The van der Waals surface area contributed by atoms with Crippen molar-refractivity contribution in [3.63, 3.8) is 0 Å². The topological polar surface area (TPSA) is 83.6 Å². The van der Waals surface area contributed by atoms with Crippen LogP contribution in [0.5, 0.6) is 0 Å². The van der Waals surface area contributed by atoms with Crippen LogP contribution in [0.4, 0.5) is 5.82 Å². The van der Waals surface area contributed by atoms with E-state index in [1.54, 1.807) is 19.2 Å². The van der Waals surface area contributed by atoms with Crippen molar-refractivity contribution in [1.29, 1.82) is 0 Å². The molecular weight excluding hydrogens is 218 g/mol. The summed E-state index contributed by atoms with van der Waals surface area (Å²) in [7, 11) is 0. The highest BCUT2D eigenvalue weighted by molar-refractivity contribution is 5.33. The fourth-order valence-corrected chi connectivity index (χ4v) is 1.47. The average molecular weight is 231 g/mol. The molecule has 0 aliphatic rings.